The third-order valence-electron chi connectivity index (χ3n) is 6.39. The highest BCUT2D eigenvalue weighted by molar-refractivity contribution is 6.53. The quantitative estimate of drug-likeness (QED) is 0.145. The van der Waals surface area contributed by atoms with Crippen molar-refractivity contribution in [1.29, 1.82) is 0 Å². The summed E-state index contributed by atoms with van der Waals surface area (Å²) in [5.41, 5.74) is -2.37. The summed E-state index contributed by atoms with van der Waals surface area (Å²) in [6, 6.07) is 7.29. The number of benzene rings is 3. The van der Waals surface area contributed by atoms with E-state index < -0.39 is 92.9 Å². The molecule has 4 rings (SSSR count). The number of carbonyl (C=O) groups excluding carboxylic acids is 3. The van der Waals surface area contributed by atoms with Crippen LogP contribution >= 0.6 is 46.4 Å². The first-order chi connectivity index (χ1) is 19.1. The van der Waals surface area contributed by atoms with Gasteiger partial charge < -0.3 is 5.32 Å². The van der Waals surface area contributed by atoms with Crippen LogP contribution in [0.25, 0.3) is 0 Å². The van der Waals surface area contributed by atoms with Gasteiger partial charge >= 0.3 is 0 Å². The molecule has 0 unspecified atom stereocenters. The fourth-order valence-electron chi connectivity index (χ4n) is 4.37. The number of hydrogen-bond donors (Lipinski definition) is 1. The molecule has 2 atom stereocenters. The molecule has 4 nitrogen and oxygen atoms in total. The van der Waals surface area contributed by atoms with Gasteiger partial charge in [-0.2, -0.15) is 0 Å². The first-order valence-electron chi connectivity index (χ1n) is 11.5. The fourth-order valence-corrected chi connectivity index (χ4v) is 5.74. The van der Waals surface area contributed by atoms with E-state index in [2.05, 4.69) is 5.32 Å². The predicted octanol–water partition coefficient (Wildman–Crippen LogP) is 7.88. The van der Waals surface area contributed by atoms with Crippen LogP contribution < -0.4 is 5.32 Å². The lowest BCUT2D eigenvalue weighted by atomic mass is 9.97. The van der Waals surface area contributed by atoms with Crippen molar-refractivity contribution < 1.29 is 40.7 Å². The molecular formula is C27H15Cl4F6NO3. The smallest absolute Gasteiger partial charge is 0.296 e. The molecule has 0 aliphatic heterocycles. The molecule has 41 heavy (non-hydrogen) atoms. The largest absolute Gasteiger partial charge is 0.326 e. The van der Waals surface area contributed by atoms with Crippen LogP contribution in [0, 0.1) is 29.2 Å². The Morgan fingerprint density at radius 3 is 2.10 bits per heavy atom. The fraction of sp³-hybridized carbons (Fsp3) is 0.222. The third kappa shape index (κ3) is 6.51. The summed E-state index contributed by atoms with van der Waals surface area (Å²) in [7, 11) is 0. The number of alkyl halides is 4. The van der Waals surface area contributed by atoms with Crippen molar-refractivity contribution in [3.63, 3.8) is 0 Å². The van der Waals surface area contributed by atoms with Gasteiger partial charge in [-0.25, -0.2) is 26.3 Å². The number of rotatable bonds is 9. The summed E-state index contributed by atoms with van der Waals surface area (Å²) in [4.78, 5) is 37.1. The predicted molar refractivity (Wildman–Crippen MR) is 141 cm³/mol. The molecule has 3 aromatic carbocycles. The second-order valence-corrected chi connectivity index (χ2v) is 11.5. The summed E-state index contributed by atoms with van der Waals surface area (Å²) < 4.78 is 81.3. The Kier molecular flexibility index (Phi) is 8.99. The summed E-state index contributed by atoms with van der Waals surface area (Å²) in [6.45, 7) is 0. The molecule has 0 radical (unpaired) electrons. The number of halogens is 10. The maximum atomic E-state index is 14.8. The topological polar surface area (TPSA) is 63.2 Å². The number of carbonyl (C=O) groups is 3. The maximum Gasteiger partial charge on any atom is 0.296 e. The van der Waals surface area contributed by atoms with Crippen LogP contribution in [-0.4, -0.2) is 28.2 Å². The average molecular weight is 657 g/mol. The molecule has 14 heteroatoms. The minimum absolute atomic E-state index is 0.261. The molecule has 3 aromatic rings. The van der Waals surface area contributed by atoms with E-state index in [1.807, 2.05) is 0 Å². The normalized spacial score (nSPS) is 17.4. The van der Waals surface area contributed by atoms with Gasteiger partial charge in [0.1, 0.15) is 16.0 Å². The Morgan fingerprint density at radius 1 is 0.854 bits per heavy atom. The highest BCUT2D eigenvalue weighted by atomic mass is 35.5. The highest BCUT2D eigenvalue weighted by Crippen LogP contribution is 2.65. The SMILES string of the molecule is O=C(Cc1ccc(F)c(CC(=O)C(F)F)c1F)c1cc(NC(=O)[C@H]2[C@H](c3cc(Cl)cc(Cl)c3)C2(Cl)Cl)cc(F)c1F. The van der Waals surface area contributed by atoms with E-state index in [0.717, 1.165) is 12.1 Å². The van der Waals surface area contributed by atoms with Crippen molar-refractivity contribution in [2.24, 2.45) is 5.92 Å². The van der Waals surface area contributed by atoms with Gasteiger partial charge in [0.05, 0.1) is 11.5 Å². The monoisotopic (exact) mass is 655 g/mol. The second-order valence-electron chi connectivity index (χ2n) is 9.18. The minimum Gasteiger partial charge on any atom is -0.326 e. The van der Waals surface area contributed by atoms with E-state index in [9.17, 15) is 40.7 Å². The number of amides is 1. The molecule has 0 aromatic heterocycles. The molecule has 1 fully saturated rings. The van der Waals surface area contributed by atoms with Gasteiger partial charge in [-0.15, -0.1) is 23.2 Å². The standard InChI is InChI=1S/C27H15Cl4F6NO3/c28-12-3-11(4-13(29)6-12)21-22(27(21,30)31)26(41)38-14-7-16(24(35)18(33)8-14)19(39)5-10-1-2-17(32)15(23(10)34)9-20(40)25(36)37/h1-4,6-8,21-22,25H,5,9H2,(H,38,41)/t21-,22+/m0/s1. The maximum absolute atomic E-state index is 14.8. The van der Waals surface area contributed by atoms with Crippen molar-refractivity contribution in [3.05, 3.63) is 98.0 Å². The number of nitrogens with one attached hydrogen (secondary N) is 1. The molecular weight excluding hydrogens is 642 g/mol. The van der Waals surface area contributed by atoms with Crippen molar-refractivity contribution in [2.45, 2.75) is 29.5 Å². The van der Waals surface area contributed by atoms with Gasteiger partial charge in [0.15, 0.2) is 17.4 Å². The first kappa shape index (κ1) is 31.2. The first-order valence-corrected chi connectivity index (χ1v) is 13.1. The van der Waals surface area contributed by atoms with E-state index in [0.29, 0.717) is 17.7 Å². The number of Topliss-reactive ketones (excluding diaryl/α,β-unsaturated/α-hetero) is 2. The second kappa shape index (κ2) is 11.8. The minimum atomic E-state index is -3.48. The molecule has 1 saturated carbocycles. The number of anilines is 1. The number of ketones is 2. The van der Waals surface area contributed by atoms with Crippen molar-refractivity contribution in [1.82, 2.24) is 0 Å². The molecule has 0 bridgehead atoms. The number of hydrogen-bond acceptors (Lipinski definition) is 3. The van der Waals surface area contributed by atoms with Crippen LogP contribution in [0.2, 0.25) is 10.0 Å². The zero-order valence-electron chi connectivity index (χ0n) is 20.2. The Labute approximate surface area is 248 Å². The van der Waals surface area contributed by atoms with E-state index in [4.69, 9.17) is 46.4 Å². The van der Waals surface area contributed by atoms with Crippen LogP contribution in [0.15, 0.2) is 42.5 Å². The van der Waals surface area contributed by atoms with Gasteiger partial charge in [0, 0.05) is 46.1 Å². The molecule has 1 aliphatic carbocycles. The van der Waals surface area contributed by atoms with Gasteiger partial charge in [0.25, 0.3) is 6.43 Å². The lowest BCUT2D eigenvalue weighted by Crippen LogP contribution is -2.19. The lowest BCUT2D eigenvalue weighted by Gasteiger charge is -2.11. The Hall–Kier alpha value is -2.79. The van der Waals surface area contributed by atoms with Crippen LogP contribution in [0.3, 0.4) is 0 Å². The van der Waals surface area contributed by atoms with E-state index in [1.54, 1.807) is 0 Å². The average Bonchev–Trinajstić information content (AvgIpc) is 3.46. The third-order valence-corrected chi connectivity index (χ3v) is 7.76. The van der Waals surface area contributed by atoms with Crippen molar-refractivity contribution in [3.8, 4) is 0 Å². The summed E-state index contributed by atoms with van der Waals surface area (Å²) >= 11 is 24.6. The van der Waals surface area contributed by atoms with E-state index in [-0.39, 0.29) is 15.7 Å². The molecule has 0 heterocycles. The Bertz CT molecular complexity index is 1560. The summed E-state index contributed by atoms with van der Waals surface area (Å²) in [5.74, 6) is -11.5. The van der Waals surface area contributed by atoms with Crippen LogP contribution in [0.5, 0.6) is 0 Å². The summed E-state index contributed by atoms with van der Waals surface area (Å²) in [6.07, 6.45) is -5.72. The molecule has 1 N–H and O–H groups in total. The molecule has 216 valence electrons. The van der Waals surface area contributed by atoms with Gasteiger partial charge in [-0.1, -0.05) is 29.3 Å². The van der Waals surface area contributed by atoms with E-state index >= 15 is 0 Å². The molecule has 0 saturated heterocycles. The van der Waals surface area contributed by atoms with E-state index in [1.165, 1.54) is 18.2 Å². The molecule has 1 amide bonds. The van der Waals surface area contributed by atoms with Crippen molar-refractivity contribution in [2.75, 3.05) is 5.32 Å². The Morgan fingerprint density at radius 2 is 1.49 bits per heavy atom. The molecule has 1 aliphatic rings. The van der Waals surface area contributed by atoms with Gasteiger partial charge in [0.2, 0.25) is 11.7 Å². The zero-order chi connectivity index (χ0) is 30.4. The lowest BCUT2D eigenvalue weighted by molar-refractivity contribution is -0.128. The van der Waals surface area contributed by atoms with Crippen LogP contribution in [0.1, 0.15) is 33.0 Å². The van der Waals surface area contributed by atoms with Crippen LogP contribution in [-0.2, 0) is 22.4 Å². The molecule has 0 spiro atoms. The highest BCUT2D eigenvalue weighted by Gasteiger charge is 2.67. The summed E-state index contributed by atoms with van der Waals surface area (Å²) in [5, 5.41) is 2.83. The van der Waals surface area contributed by atoms with Crippen LogP contribution in [0.4, 0.5) is 32.0 Å². The van der Waals surface area contributed by atoms with Gasteiger partial charge in [-0.05, 0) is 41.5 Å². The van der Waals surface area contributed by atoms with Crippen molar-refractivity contribution >= 4 is 69.6 Å². The Balaban J connectivity index is 1.56. The van der Waals surface area contributed by atoms with Gasteiger partial charge in [-0.3, -0.25) is 14.4 Å². The zero-order valence-corrected chi connectivity index (χ0v) is 23.2.